The lowest BCUT2D eigenvalue weighted by Gasteiger charge is -2.33. The highest BCUT2D eigenvalue weighted by Crippen LogP contribution is 2.28. The Bertz CT molecular complexity index is 600. The van der Waals surface area contributed by atoms with Gasteiger partial charge in [0.1, 0.15) is 6.04 Å². The van der Waals surface area contributed by atoms with E-state index in [4.69, 9.17) is 5.26 Å². The van der Waals surface area contributed by atoms with Crippen LogP contribution in [0.15, 0.2) is 30.3 Å². The zero-order valence-corrected chi connectivity index (χ0v) is 12.4. The van der Waals surface area contributed by atoms with Crippen molar-refractivity contribution >= 4 is 17.5 Å². The average molecular weight is 297 g/mol. The molecule has 2 saturated heterocycles. The van der Waals surface area contributed by atoms with Gasteiger partial charge in [0.15, 0.2) is 0 Å². The van der Waals surface area contributed by atoms with Gasteiger partial charge in [0.25, 0.3) is 0 Å². The Balaban J connectivity index is 1.74. The summed E-state index contributed by atoms with van der Waals surface area (Å²) in [5.74, 6) is 0.0852. The zero-order chi connectivity index (χ0) is 15.5. The van der Waals surface area contributed by atoms with Crippen LogP contribution in [-0.4, -0.2) is 35.8 Å². The summed E-state index contributed by atoms with van der Waals surface area (Å²) < 4.78 is 0. The maximum Gasteiger partial charge on any atom is 0.245 e. The number of likely N-dealkylation sites (tertiary alicyclic amines) is 1. The minimum absolute atomic E-state index is 0.0106. The van der Waals surface area contributed by atoms with Gasteiger partial charge >= 0.3 is 0 Å². The molecule has 2 aliphatic heterocycles. The highest BCUT2D eigenvalue weighted by atomic mass is 16.2. The number of rotatable bonds is 2. The van der Waals surface area contributed by atoms with E-state index in [1.165, 1.54) is 0 Å². The molecule has 5 nitrogen and oxygen atoms in total. The van der Waals surface area contributed by atoms with Gasteiger partial charge in [-0.25, -0.2) is 0 Å². The quantitative estimate of drug-likeness (QED) is 0.838. The van der Waals surface area contributed by atoms with Crippen LogP contribution in [0.2, 0.25) is 0 Å². The van der Waals surface area contributed by atoms with Crippen LogP contribution in [0.1, 0.15) is 25.7 Å². The molecule has 114 valence electrons. The summed E-state index contributed by atoms with van der Waals surface area (Å²) in [5.41, 5.74) is 0.787. The standard InChI is InChI=1S/C17H19N3O2/c18-12-13-8-10-19(11-9-13)17(22)15-6-7-16(21)20(15)14-4-2-1-3-5-14/h1-5,13,15H,6-11H2. The van der Waals surface area contributed by atoms with Crippen LogP contribution in [0.25, 0.3) is 0 Å². The van der Waals surface area contributed by atoms with Crippen molar-refractivity contribution in [3.63, 3.8) is 0 Å². The molecule has 0 aromatic heterocycles. The maximum atomic E-state index is 12.8. The Kier molecular flexibility index (Phi) is 4.10. The fourth-order valence-electron chi connectivity index (χ4n) is 3.27. The molecule has 1 unspecified atom stereocenters. The molecule has 0 N–H and O–H groups in total. The molecule has 1 aromatic rings. The monoisotopic (exact) mass is 297 g/mol. The number of carbonyl (C=O) groups excluding carboxylic acids is 2. The Morgan fingerprint density at radius 1 is 1.14 bits per heavy atom. The maximum absolute atomic E-state index is 12.8. The molecule has 2 heterocycles. The first-order valence-electron chi connectivity index (χ1n) is 7.76. The van der Waals surface area contributed by atoms with Crippen LogP contribution in [0, 0.1) is 17.2 Å². The van der Waals surface area contributed by atoms with E-state index in [1.54, 1.807) is 4.90 Å². The molecule has 5 heteroatoms. The van der Waals surface area contributed by atoms with Gasteiger partial charge in [0.05, 0.1) is 6.07 Å². The summed E-state index contributed by atoms with van der Waals surface area (Å²) in [6.45, 7) is 1.23. The molecule has 2 aliphatic rings. The SMILES string of the molecule is N#CC1CCN(C(=O)C2CCC(=O)N2c2ccccc2)CC1. The molecule has 0 spiro atoms. The van der Waals surface area contributed by atoms with E-state index in [0.717, 1.165) is 18.5 Å². The number of para-hydroxylation sites is 1. The van der Waals surface area contributed by atoms with Crippen molar-refractivity contribution in [2.24, 2.45) is 5.92 Å². The summed E-state index contributed by atoms with van der Waals surface area (Å²) in [7, 11) is 0. The van der Waals surface area contributed by atoms with Crippen LogP contribution < -0.4 is 4.90 Å². The predicted octanol–water partition coefficient (Wildman–Crippen LogP) is 1.94. The second-order valence-corrected chi connectivity index (χ2v) is 5.88. The zero-order valence-electron chi connectivity index (χ0n) is 12.4. The molecule has 1 aromatic carbocycles. The second-order valence-electron chi connectivity index (χ2n) is 5.88. The minimum Gasteiger partial charge on any atom is -0.341 e. The van der Waals surface area contributed by atoms with E-state index in [0.29, 0.717) is 25.9 Å². The van der Waals surface area contributed by atoms with Gasteiger partial charge in [-0.15, -0.1) is 0 Å². The Labute approximate surface area is 130 Å². The lowest BCUT2D eigenvalue weighted by atomic mass is 9.98. The molecule has 0 aliphatic carbocycles. The third kappa shape index (κ3) is 2.69. The van der Waals surface area contributed by atoms with E-state index >= 15 is 0 Å². The number of nitrogens with zero attached hydrogens (tertiary/aromatic N) is 3. The highest BCUT2D eigenvalue weighted by molar-refractivity contribution is 6.03. The second kappa shape index (κ2) is 6.18. The number of amides is 2. The number of hydrogen-bond acceptors (Lipinski definition) is 3. The summed E-state index contributed by atoms with van der Waals surface area (Å²) >= 11 is 0. The van der Waals surface area contributed by atoms with Crippen molar-refractivity contribution in [1.82, 2.24) is 4.90 Å². The van der Waals surface area contributed by atoms with Gasteiger partial charge in [-0.05, 0) is 31.4 Å². The number of nitriles is 1. The lowest BCUT2D eigenvalue weighted by molar-refractivity contribution is -0.134. The van der Waals surface area contributed by atoms with Gasteiger partial charge in [0, 0.05) is 31.1 Å². The number of piperidine rings is 1. The molecule has 0 radical (unpaired) electrons. The number of carbonyl (C=O) groups is 2. The number of anilines is 1. The van der Waals surface area contributed by atoms with E-state index in [2.05, 4.69) is 6.07 Å². The van der Waals surface area contributed by atoms with Crippen LogP contribution >= 0.6 is 0 Å². The van der Waals surface area contributed by atoms with E-state index in [1.807, 2.05) is 35.2 Å². The molecule has 2 fully saturated rings. The molecule has 0 bridgehead atoms. The smallest absolute Gasteiger partial charge is 0.245 e. The fraction of sp³-hybridized carbons (Fsp3) is 0.471. The molecule has 3 rings (SSSR count). The predicted molar refractivity (Wildman–Crippen MR) is 81.9 cm³/mol. The van der Waals surface area contributed by atoms with E-state index < -0.39 is 6.04 Å². The van der Waals surface area contributed by atoms with Crippen molar-refractivity contribution in [1.29, 1.82) is 5.26 Å². The van der Waals surface area contributed by atoms with Crippen LogP contribution in [0.4, 0.5) is 5.69 Å². The molecule has 2 amide bonds. The molecule has 22 heavy (non-hydrogen) atoms. The van der Waals surface area contributed by atoms with Gasteiger partial charge in [-0.2, -0.15) is 5.26 Å². The number of hydrogen-bond donors (Lipinski definition) is 0. The van der Waals surface area contributed by atoms with Crippen molar-refractivity contribution in [2.45, 2.75) is 31.7 Å². The molecule has 1 atom stereocenters. The first-order chi connectivity index (χ1) is 10.7. The summed E-state index contributed by atoms with van der Waals surface area (Å²) in [6, 6.07) is 11.3. The first-order valence-corrected chi connectivity index (χ1v) is 7.76. The van der Waals surface area contributed by atoms with E-state index in [-0.39, 0.29) is 17.7 Å². The molecule has 0 saturated carbocycles. The molecular formula is C17H19N3O2. The Morgan fingerprint density at radius 3 is 2.45 bits per heavy atom. The third-order valence-electron chi connectivity index (χ3n) is 4.52. The molecular weight excluding hydrogens is 278 g/mol. The highest BCUT2D eigenvalue weighted by Gasteiger charge is 2.39. The fourth-order valence-corrected chi connectivity index (χ4v) is 3.27. The minimum atomic E-state index is -0.395. The van der Waals surface area contributed by atoms with Crippen molar-refractivity contribution in [3.05, 3.63) is 30.3 Å². The van der Waals surface area contributed by atoms with Crippen molar-refractivity contribution in [2.75, 3.05) is 18.0 Å². The van der Waals surface area contributed by atoms with E-state index in [9.17, 15) is 9.59 Å². The Hall–Kier alpha value is -2.35. The van der Waals surface area contributed by atoms with Gasteiger partial charge in [-0.1, -0.05) is 18.2 Å². The average Bonchev–Trinajstić information content (AvgIpc) is 2.96. The normalized spacial score (nSPS) is 22.7. The summed E-state index contributed by atoms with van der Waals surface area (Å²) in [4.78, 5) is 28.4. The topological polar surface area (TPSA) is 64.4 Å². The van der Waals surface area contributed by atoms with Gasteiger partial charge < -0.3 is 4.90 Å². The van der Waals surface area contributed by atoms with Crippen LogP contribution in [0.3, 0.4) is 0 Å². The van der Waals surface area contributed by atoms with Crippen LogP contribution in [-0.2, 0) is 9.59 Å². The Morgan fingerprint density at radius 2 is 1.82 bits per heavy atom. The summed E-state index contributed by atoms with van der Waals surface area (Å²) in [6.07, 6.45) is 2.45. The van der Waals surface area contributed by atoms with Crippen LogP contribution in [0.5, 0.6) is 0 Å². The van der Waals surface area contributed by atoms with Gasteiger partial charge in [0.2, 0.25) is 11.8 Å². The van der Waals surface area contributed by atoms with Crippen molar-refractivity contribution < 1.29 is 9.59 Å². The third-order valence-corrected chi connectivity index (χ3v) is 4.52. The lowest BCUT2D eigenvalue weighted by Crippen LogP contribution is -2.49. The largest absolute Gasteiger partial charge is 0.341 e. The van der Waals surface area contributed by atoms with Gasteiger partial charge in [-0.3, -0.25) is 14.5 Å². The van der Waals surface area contributed by atoms with Crippen molar-refractivity contribution in [3.8, 4) is 6.07 Å². The summed E-state index contributed by atoms with van der Waals surface area (Å²) in [5, 5.41) is 8.95. The number of benzene rings is 1. The first kappa shape index (κ1) is 14.6.